The van der Waals surface area contributed by atoms with Crippen LogP contribution < -0.4 is 11.1 Å². The van der Waals surface area contributed by atoms with Crippen molar-refractivity contribution >= 4 is 56.3 Å². The summed E-state index contributed by atoms with van der Waals surface area (Å²) in [6, 6.07) is 7.11. The molecule has 0 radical (unpaired) electrons. The van der Waals surface area contributed by atoms with E-state index in [1.807, 2.05) is 12.1 Å². The number of rotatable bonds is 2. The summed E-state index contributed by atoms with van der Waals surface area (Å²) >= 11 is 15.4. The number of hydrogen-bond donors (Lipinski definition) is 2. The predicted octanol–water partition coefficient (Wildman–Crippen LogP) is 4.48. The summed E-state index contributed by atoms with van der Waals surface area (Å²) in [7, 11) is 0. The maximum Gasteiger partial charge on any atom is 0.144 e. The van der Waals surface area contributed by atoms with E-state index >= 15 is 0 Å². The molecular formula is C11H8BrCl2N3. The second kappa shape index (κ2) is 5.12. The van der Waals surface area contributed by atoms with Gasteiger partial charge in [0.05, 0.1) is 32.1 Å². The second-order valence-corrected chi connectivity index (χ2v) is 4.96. The van der Waals surface area contributed by atoms with Crippen molar-refractivity contribution in [2.24, 2.45) is 0 Å². The molecule has 0 bridgehead atoms. The van der Waals surface area contributed by atoms with E-state index in [1.165, 1.54) is 0 Å². The van der Waals surface area contributed by atoms with Crippen molar-refractivity contribution in [1.82, 2.24) is 4.98 Å². The van der Waals surface area contributed by atoms with Gasteiger partial charge in [0.2, 0.25) is 0 Å². The zero-order chi connectivity index (χ0) is 12.4. The molecule has 6 heteroatoms. The minimum absolute atomic E-state index is 0.458. The van der Waals surface area contributed by atoms with Crippen LogP contribution in [-0.2, 0) is 0 Å². The molecule has 0 aliphatic rings. The summed E-state index contributed by atoms with van der Waals surface area (Å²) in [5, 5.41) is 4.03. The monoisotopic (exact) mass is 331 g/mol. The van der Waals surface area contributed by atoms with E-state index in [-0.39, 0.29) is 0 Å². The van der Waals surface area contributed by atoms with Crippen molar-refractivity contribution in [1.29, 1.82) is 0 Å². The highest BCUT2D eigenvalue weighted by atomic mass is 79.9. The fourth-order valence-corrected chi connectivity index (χ4v) is 2.09. The van der Waals surface area contributed by atoms with E-state index in [1.54, 1.807) is 18.3 Å². The Morgan fingerprint density at radius 3 is 2.76 bits per heavy atom. The molecule has 0 atom stereocenters. The van der Waals surface area contributed by atoms with E-state index in [0.717, 1.165) is 4.47 Å². The van der Waals surface area contributed by atoms with Gasteiger partial charge < -0.3 is 11.1 Å². The smallest absolute Gasteiger partial charge is 0.144 e. The standard InChI is InChI=1S/C11H8BrCl2N3/c12-7-4-6(15)5-16-11(7)17-9-3-1-2-8(13)10(9)14/h1-5H,15H2,(H,16,17). The topological polar surface area (TPSA) is 50.9 Å². The molecule has 0 saturated carbocycles. The maximum atomic E-state index is 6.06. The summed E-state index contributed by atoms with van der Waals surface area (Å²) in [6.07, 6.45) is 1.56. The summed E-state index contributed by atoms with van der Waals surface area (Å²) < 4.78 is 0.758. The molecule has 0 spiro atoms. The number of nitrogens with two attached hydrogens (primary N) is 1. The van der Waals surface area contributed by atoms with Crippen LogP contribution in [0.2, 0.25) is 10.0 Å². The van der Waals surface area contributed by atoms with Gasteiger partial charge in [-0.2, -0.15) is 0 Å². The van der Waals surface area contributed by atoms with Crippen LogP contribution in [0.5, 0.6) is 0 Å². The zero-order valence-electron chi connectivity index (χ0n) is 8.55. The SMILES string of the molecule is Nc1cnc(Nc2cccc(Cl)c2Cl)c(Br)c1. The van der Waals surface area contributed by atoms with Crippen LogP contribution in [0.25, 0.3) is 0 Å². The Bertz CT molecular complexity index is 560. The summed E-state index contributed by atoms with van der Waals surface area (Å²) in [5.74, 6) is 0.628. The number of nitrogens with one attached hydrogen (secondary N) is 1. The first kappa shape index (κ1) is 12.5. The average Bonchev–Trinajstić information content (AvgIpc) is 2.28. The molecule has 0 saturated heterocycles. The van der Waals surface area contributed by atoms with E-state index in [2.05, 4.69) is 26.2 Å². The molecule has 0 unspecified atom stereocenters. The molecule has 2 aromatic rings. The van der Waals surface area contributed by atoms with Crippen LogP contribution in [-0.4, -0.2) is 4.98 Å². The summed E-state index contributed by atoms with van der Waals surface area (Å²) in [6.45, 7) is 0. The Labute approximate surface area is 117 Å². The second-order valence-electron chi connectivity index (χ2n) is 3.33. The fourth-order valence-electron chi connectivity index (χ4n) is 1.27. The van der Waals surface area contributed by atoms with Gasteiger partial charge >= 0.3 is 0 Å². The minimum Gasteiger partial charge on any atom is -0.397 e. The number of anilines is 3. The van der Waals surface area contributed by atoms with Crippen molar-refractivity contribution in [2.75, 3.05) is 11.1 Å². The lowest BCUT2D eigenvalue weighted by Crippen LogP contribution is -1.97. The van der Waals surface area contributed by atoms with Crippen molar-refractivity contribution in [2.45, 2.75) is 0 Å². The molecule has 0 aliphatic heterocycles. The Morgan fingerprint density at radius 1 is 1.29 bits per heavy atom. The van der Waals surface area contributed by atoms with Crippen LogP contribution >= 0.6 is 39.1 Å². The molecule has 3 N–H and O–H groups in total. The number of nitrogen functional groups attached to an aromatic ring is 1. The number of aromatic nitrogens is 1. The molecule has 1 heterocycles. The fraction of sp³-hybridized carbons (Fsp3) is 0. The number of pyridine rings is 1. The first-order valence-electron chi connectivity index (χ1n) is 4.70. The van der Waals surface area contributed by atoms with E-state index in [9.17, 15) is 0 Å². The summed E-state index contributed by atoms with van der Waals surface area (Å²) in [4.78, 5) is 4.16. The van der Waals surface area contributed by atoms with Gasteiger partial charge in [0.15, 0.2) is 0 Å². The maximum absolute atomic E-state index is 6.06. The quantitative estimate of drug-likeness (QED) is 0.852. The molecule has 0 fully saturated rings. The Hall–Kier alpha value is -0.970. The highest BCUT2D eigenvalue weighted by Gasteiger charge is 2.07. The molecule has 0 aliphatic carbocycles. The predicted molar refractivity (Wildman–Crippen MR) is 76.1 cm³/mol. The largest absolute Gasteiger partial charge is 0.397 e. The molecular weight excluding hydrogens is 325 g/mol. The van der Waals surface area contributed by atoms with Gasteiger partial charge in [0, 0.05) is 0 Å². The van der Waals surface area contributed by atoms with Crippen molar-refractivity contribution in [3.05, 3.63) is 45.0 Å². The molecule has 3 nitrogen and oxygen atoms in total. The van der Waals surface area contributed by atoms with E-state index < -0.39 is 0 Å². The Balaban J connectivity index is 2.35. The van der Waals surface area contributed by atoms with Crippen LogP contribution in [0.3, 0.4) is 0 Å². The highest BCUT2D eigenvalue weighted by Crippen LogP contribution is 2.33. The van der Waals surface area contributed by atoms with Crippen LogP contribution in [0.4, 0.5) is 17.2 Å². The third-order valence-corrected chi connectivity index (χ3v) is 3.49. The highest BCUT2D eigenvalue weighted by molar-refractivity contribution is 9.10. The number of nitrogens with zero attached hydrogens (tertiary/aromatic N) is 1. The van der Waals surface area contributed by atoms with Crippen LogP contribution in [0.15, 0.2) is 34.9 Å². The van der Waals surface area contributed by atoms with Crippen LogP contribution in [0, 0.1) is 0 Å². The van der Waals surface area contributed by atoms with Crippen LogP contribution in [0.1, 0.15) is 0 Å². The van der Waals surface area contributed by atoms with Gasteiger partial charge in [-0.05, 0) is 34.1 Å². The third kappa shape index (κ3) is 2.83. The number of benzene rings is 1. The van der Waals surface area contributed by atoms with Crippen molar-refractivity contribution < 1.29 is 0 Å². The average molecular weight is 333 g/mol. The van der Waals surface area contributed by atoms with Gasteiger partial charge in [0.25, 0.3) is 0 Å². The molecule has 1 aromatic heterocycles. The van der Waals surface area contributed by atoms with Gasteiger partial charge in [-0.3, -0.25) is 0 Å². The molecule has 1 aromatic carbocycles. The molecule has 2 rings (SSSR count). The Morgan fingerprint density at radius 2 is 2.06 bits per heavy atom. The Kier molecular flexibility index (Phi) is 3.76. The van der Waals surface area contributed by atoms with E-state index in [4.69, 9.17) is 28.9 Å². The molecule has 17 heavy (non-hydrogen) atoms. The van der Waals surface area contributed by atoms with Gasteiger partial charge in [-0.15, -0.1) is 0 Å². The number of hydrogen-bond acceptors (Lipinski definition) is 3. The first-order chi connectivity index (χ1) is 8.08. The van der Waals surface area contributed by atoms with Crippen molar-refractivity contribution in [3.8, 4) is 0 Å². The molecule has 88 valence electrons. The summed E-state index contributed by atoms with van der Waals surface area (Å²) in [5.41, 5.74) is 6.88. The van der Waals surface area contributed by atoms with Gasteiger partial charge in [-0.1, -0.05) is 29.3 Å². The lowest BCUT2D eigenvalue weighted by atomic mass is 10.3. The lowest BCUT2D eigenvalue weighted by molar-refractivity contribution is 1.29. The lowest BCUT2D eigenvalue weighted by Gasteiger charge is -2.10. The van der Waals surface area contributed by atoms with E-state index in [0.29, 0.717) is 27.2 Å². The zero-order valence-corrected chi connectivity index (χ0v) is 11.6. The minimum atomic E-state index is 0.458. The third-order valence-electron chi connectivity index (χ3n) is 2.07. The normalized spacial score (nSPS) is 10.3. The molecule has 0 amide bonds. The first-order valence-corrected chi connectivity index (χ1v) is 6.25. The van der Waals surface area contributed by atoms with Gasteiger partial charge in [-0.25, -0.2) is 4.98 Å². The van der Waals surface area contributed by atoms with Crippen molar-refractivity contribution in [3.63, 3.8) is 0 Å². The number of halogens is 3. The van der Waals surface area contributed by atoms with Gasteiger partial charge in [0.1, 0.15) is 5.82 Å².